The summed E-state index contributed by atoms with van der Waals surface area (Å²) < 4.78 is 39.4. The van der Waals surface area contributed by atoms with Crippen molar-refractivity contribution in [2.75, 3.05) is 57.3 Å². The number of aromatic nitrogens is 4. The topological polar surface area (TPSA) is 105 Å². The van der Waals surface area contributed by atoms with Crippen LogP contribution in [0.25, 0.3) is 22.6 Å². The average Bonchev–Trinajstić information content (AvgIpc) is 3.42. The number of pyridine rings is 2. The minimum absolute atomic E-state index is 0.517. The summed E-state index contributed by atoms with van der Waals surface area (Å²) >= 11 is 3.67. The number of alkyl halides is 3. The lowest BCUT2D eigenvalue weighted by Gasteiger charge is -2.36. The Morgan fingerprint density at radius 3 is 2.09 bits per heavy atom. The first-order valence-electron chi connectivity index (χ1n) is 14.0. The van der Waals surface area contributed by atoms with Crippen LogP contribution in [0.15, 0.2) is 53.3 Å². The largest absolute Gasteiger partial charge is 0.465 e. The summed E-state index contributed by atoms with van der Waals surface area (Å²) in [5.74, 6) is 0.719. The minimum atomic E-state index is -4.44. The van der Waals surface area contributed by atoms with E-state index in [1.54, 1.807) is 6.20 Å². The molecule has 0 bridgehead atoms. The number of aromatic amines is 1. The molecule has 2 N–H and O–H groups in total. The molecule has 1 aromatic carbocycles. The molecular weight excluding hydrogens is 629 g/mol. The molecule has 10 nitrogen and oxygen atoms in total. The van der Waals surface area contributed by atoms with E-state index in [0.717, 1.165) is 77.0 Å². The maximum atomic E-state index is 12.8. The first kappa shape index (κ1) is 29.3. The third-order valence-electron chi connectivity index (χ3n) is 7.93. The number of imidazole rings is 1. The van der Waals surface area contributed by atoms with Gasteiger partial charge in [-0.25, -0.2) is 14.8 Å². The average molecular weight is 660 g/mol. The zero-order chi connectivity index (χ0) is 30.1. The van der Waals surface area contributed by atoms with Crippen molar-refractivity contribution >= 4 is 38.9 Å². The number of piperazine rings is 2. The van der Waals surface area contributed by atoms with Crippen LogP contribution in [-0.2, 0) is 19.3 Å². The third-order valence-corrected chi connectivity index (χ3v) is 8.51. The molecule has 0 saturated carbocycles. The maximum absolute atomic E-state index is 12.8. The molecule has 14 heteroatoms. The Bertz CT molecular complexity index is 1580. The molecule has 0 spiro atoms. The second-order valence-corrected chi connectivity index (χ2v) is 11.6. The van der Waals surface area contributed by atoms with Gasteiger partial charge >= 0.3 is 12.3 Å². The lowest BCUT2D eigenvalue weighted by Crippen LogP contribution is -2.47. The van der Waals surface area contributed by atoms with E-state index in [9.17, 15) is 18.0 Å². The highest BCUT2D eigenvalue weighted by molar-refractivity contribution is 9.10. The number of hydrogen-bond donors (Lipinski definition) is 2. The Balaban J connectivity index is 1.10. The number of carbonyl (C=O) groups is 1. The molecule has 0 atom stereocenters. The summed E-state index contributed by atoms with van der Waals surface area (Å²) in [6.07, 6.45) is -2.24. The highest BCUT2D eigenvalue weighted by Crippen LogP contribution is 2.34. The van der Waals surface area contributed by atoms with Crippen LogP contribution in [0, 0.1) is 0 Å². The van der Waals surface area contributed by atoms with Gasteiger partial charge in [0.15, 0.2) is 5.65 Å². The van der Waals surface area contributed by atoms with Crippen molar-refractivity contribution in [3.63, 3.8) is 0 Å². The van der Waals surface area contributed by atoms with Crippen LogP contribution in [0.5, 0.6) is 0 Å². The van der Waals surface area contributed by atoms with Crippen LogP contribution < -0.4 is 4.90 Å². The molecule has 2 fully saturated rings. The molecule has 0 aliphatic carbocycles. The van der Waals surface area contributed by atoms with E-state index in [1.165, 1.54) is 17.2 Å². The molecular formula is C29H30BrF3N8O2. The zero-order valence-corrected chi connectivity index (χ0v) is 24.8. The van der Waals surface area contributed by atoms with Gasteiger partial charge in [0.2, 0.25) is 0 Å². The normalized spacial score (nSPS) is 17.1. The van der Waals surface area contributed by atoms with Gasteiger partial charge in [0.25, 0.3) is 0 Å². The van der Waals surface area contributed by atoms with Crippen LogP contribution in [0.3, 0.4) is 0 Å². The van der Waals surface area contributed by atoms with Crippen molar-refractivity contribution in [3.8, 4) is 11.4 Å². The number of nitrogens with one attached hydrogen (secondary N) is 1. The van der Waals surface area contributed by atoms with Crippen LogP contribution in [0.1, 0.15) is 16.8 Å². The number of rotatable bonds is 6. The molecule has 2 aliphatic heterocycles. The van der Waals surface area contributed by atoms with Crippen LogP contribution in [-0.4, -0.2) is 98.2 Å². The standard InChI is InChI=1S/C29H30BrF3N8O2/c30-22-16-35-27-24(25(22)40-11-7-39(8-12-40)18-20-3-6-23(34-15-20)29(31,32)33)36-26(37-27)21-4-1-19(2-5-21)17-38-9-13-41(14-10-38)28(42)43/h1-6,15-16H,7-14,17-18H2,(H,42,43)(H,35,36,37). The van der Waals surface area contributed by atoms with Gasteiger partial charge in [-0.1, -0.05) is 30.3 Å². The number of amides is 1. The van der Waals surface area contributed by atoms with Gasteiger partial charge in [-0.2, -0.15) is 13.2 Å². The Labute approximate surface area is 254 Å². The summed E-state index contributed by atoms with van der Waals surface area (Å²) in [4.78, 5) is 35.7. The van der Waals surface area contributed by atoms with E-state index in [0.29, 0.717) is 38.4 Å². The molecule has 4 aromatic rings. The third kappa shape index (κ3) is 6.60. The Hall–Kier alpha value is -3.75. The predicted octanol–water partition coefficient (Wildman–Crippen LogP) is 4.92. The fourth-order valence-corrected chi connectivity index (χ4v) is 6.12. The number of hydrogen-bond acceptors (Lipinski definition) is 7. The quantitative estimate of drug-likeness (QED) is 0.301. The number of H-pyrrole nitrogens is 1. The summed E-state index contributed by atoms with van der Waals surface area (Å²) in [6, 6.07) is 10.7. The second-order valence-electron chi connectivity index (χ2n) is 10.8. The van der Waals surface area contributed by atoms with E-state index in [2.05, 4.69) is 57.7 Å². The van der Waals surface area contributed by atoms with Gasteiger partial charge in [0.05, 0.1) is 10.2 Å². The minimum Gasteiger partial charge on any atom is -0.465 e. The molecule has 226 valence electrons. The van der Waals surface area contributed by atoms with E-state index in [4.69, 9.17) is 10.1 Å². The fraction of sp³-hybridized carbons (Fsp3) is 0.379. The van der Waals surface area contributed by atoms with Crippen molar-refractivity contribution in [2.24, 2.45) is 0 Å². The SMILES string of the molecule is O=C(O)N1CCN(Cc2ccc(-c3nc4ncc(Br)c(N5CCN(Cc6ccc(C(F)(F)F)nc6)CC5)c4[nH]3)cc2)CC1. The number of anilines is 1. The Morgan fingerprint density at radius 1 is 0.860 bits per heavy atom. The van der Waals surface area contributed by atoms with Gasteiger partial charge in [-0.15, -0.1) is 0 Å². The molecule has 1 amide bonds. The second kappa shape index (κ2) is 12.1. The lowest BCUT2D eigenvalue weighted by molar-refractivity contribution is -0.141. The lowest BCUT2D eigenvalue weighted by atomic mass is 10.1. The zero-order valence-electron chi connectivity index (χ0n) is 23.2. The van der Waals surface area contributed by atoms with Gasteiger partial charge in [-0.3, -0.25) is 14.8 Å². The molecule has 5 heterocycles. The van der Waals surface area contributed by atoms with Crippen LogP contribution in [0.2, 0.25) is 0 Å². The first-order valence-corrected chi connectivity index (χ1v) is 14.8. The highest BCUT2D eigenvalue weighted by Gasteiger charge is 2.32. The molecule has 0 radical (unpaired) electrons. The Morgan fingerprint density at radius 2 is 1.49 bits per heavy atom. The van der Waals surface area contributed by atoms with Crippen molar-refractivity contribution in [2.45, 2.75) is 19.3 Å². The molecule has 2 saturated heterocycles. The molecule has 43 heavy (non-hydrogen) atoms. The molecule has 6 rings (SSSR count). The van der Waals surface area contributed by atoms with Gasteiger partial charge < -0.3 is 19.9 Å². The monoisotopic (exact) mass is 658 g/mol. The van der Waals surface area contributed by atoms with E-state index in [-0.39, 0.29) is 0 Å². The number of halogens is 4. The number of nitrogens with zero attached hydrogens (tertiary/aromatic N) is 7. The summed E-state index contributed by atoms with van der Waals surface area (Å²) in [5.41, 5.74) is 4.40. The van der Waals surface area contributed by atoms with Crippen LogP contribution >= 0.6 is 15.9 Å². The van der Waals surface area contributed by atoms with Crippen molar-refractivity contribution in [1.29, 1.82) is 0 Å². The number of carboxylic acid groups (broad SMARTS) is 1. The van der Waals surface area contributed by atoms with E-state index < -0.39 is 18.0 Å². The van der Waals surface area contributed by atoms with E-state index in [1.807, 2.05) is 12.1 Å². The van der Waals surface area contributed by atoms with Crippen molar-refractivity contribution < 1.29 is 23.1 Å². The van der Waals surface area contributed by atoms with E-state index >= 15 is 0 Å². The predicted molar refractivity (Wildman–Crippen MR) is 159 cm³/mol. The van der Waals surface area contributed by atoms with Crippen molar-refractivity contribution in [3.05, 3.63) is 70.1 Å². The van der Waals surface area contributed by atoms with Crippen molar-refractivity contribution in [1.82, 2.24) is 34.6 Å². The van der Waals surface area contributed by atoms with Gasteiger partial charge in [-0.05, 0) is 33.1 Å². The molecule has 0 unspecified atom stereocenters. The molecule has 2 aliphatic rings. The van der Waals surface area contributed by atoms with Gasteiger partial charge in [0, 0.05) is 83.4 Å². The number of fused-ring (bicyclic) bond motifs is 1. The summed E-state index contributed by atoms with van der Waals surface area (Å²) in [6.45, 7) is 6.69. The summed E-state index contributed by atoms with van der Waals surface area (Å²) in [7, 11) is 0. The van der Waals surface area contributed by atoms with Crippen LogP contribution in [0.4, 0.5) is 23.7 Å². The fourth-order valence-electron chi connectivity index (χ4n) is 5.56. The molecule has 3 aromatic heterocycles. The Kier molecular flexibility index (Phi) is 8.25. The maximum Gasteiger partial charge on any atom is 0.433 e. The first-order chi connectivity index (χ1) is 20.6. The number of benzene rings is 1. The highest BCUT2D eigenvalue weighted by atomic mass is 79.9. The summed E-state index contributed by atoms with van der Waals surface area (Å²) in [5, 5.41) is 9.16. The van der Waals surface area contributed by atoms with Gasteiger partial charge in [0.1, 0.15) is 17.0 Å². The smallest absolute Gasteiger partial charge is 0.433 e.